The lowest BCUT2D eigenvalue weighted by molar-refractivity contribution is 0.106. The minimum atomic E-state index is -0.222. The van der Waals surface area contributed by atoms with Crippen molar-refractivity contribution in [3.63, 3.8) is 0 Å². The van der Waals surface area contributed by atoms with Crippen LogP contribution in [0.1, 0.15) is 26.6 Å². The van der Waals surface area contributed by atoms with Crippen molar-refractivity contribution in [2.24, 2.45) is 0 Å². The number of ketones is 1. The summed E-state index contributed by atoms with van der Waals surface area (Å²) in [6.45, 7) is 3.94. The third-order valence-electron chi connectivity index (χ3n) is 4.25. The topological polar surface area (TPSA) is 76.5 Å². The van der Waals surface area contributed by atoms with Crippen LogP contribution >= 0.6 is 22.7 Å². The van der Waals surface area contributed by atoms with Crippen LogP contribution in [0.5, 0.6) is 5.75 Å². The lowest BCUT2D eigenvalue weighted by Gasteiger charge is -1.99. The Morgan fingerprint density at radius 1 is 1.21 bits per heavy atom. The minimum Gasteiger partial charge on any atom is -0.497 e. The number of thiazole rings is 2. The molecule has 0 aliphatic rings. The fraction of sp³-hybridized carbons (Fsp3) is 0.150. The molecule has 0 saturated heterocycles. The van der Waals surface area contributed by atoms with Gasteiger partial charge in [0.1, 0.15) is 5.75 Å². The van der Waals surface area contributed by atoms with E-state index in [2.05, 4.69) is 9.97 Å². The number of aromatic amines is 1. The zero-order chi connectivity index (χ0) is 19.8. The van der Waals surface area contributed by atoms with Gasteiger partial charge in [-0.1, -0.05) is 0 Å². The smallest absolute Gasteiger partial charge is 0.266 e. The van der Waals surface area contributed by atoms with Crippen LogP contribution in [0.4, 0.5) is 0 Å². The third kappa shape index (κ3) is 3.44. The van der Waals surface area contributed by atoms with E-state index in [0.29, 0.717) is 20.5 Å². The van der Waals surface area contributed by atoms with Gasteiger partial charge in [-0.3, -0.25) is 14.0 Å². The first-order chi connectivity index (χ1) is 13.4. The number of carbonyl (C=O) groups is 1. The molecule has 0 saturated carbocycles. The van der Waals surface area contributed by atoms with Crippen molar-refractivity contribution in [3.05, 3.63) is 71.8 Å². The average molecular weight is 412 g/mol. The summed E-state index contributed by atoms with van der Waals surface area (Å²) in [7, 11) is 1.57. The van der Waals surface area contributed by atoms with E-state index >= 15 is 0 Å². The Morgan fingerprint density at radius 3 is 2.68 bits per heavy atom. The Kier molecular flexibility index (Phi) is 4.74. The molecule has 0 bridgehead atoms. The van der Waals surface area contributed by atoms with E-state index < -0.39 is 0 Å². The molecule has 0 unspecified atom stereocenters. The molecule has 0 spiro atoms. The SMILES string of the molecule is COc1ccc(C(=O)/C=c2\[nH]c(=O)/c(=C/c3c(C)nc4sc(C)cn34)s2)cc1. The number of fused-ring (bicyclic) bond motifs is 1. The summed E-state index contributed by atoms with van der Waals surface area (Å²) in [4.78, 5) is 34.2. The summed E-state index contributed by atoms with van der Waals surface area (Å²) in [5.74, 6) is 0.507. The predicted octanol–water partition coefficient (Wildman–Crippen LogP) is 2.26. The predicted molar refractivity (Wildman–Crippen MR) is 112 cm³/mol. The van der Waals surface area contributed by atoms with Crippen molar-refractivity contribution in [1.29, 1.82) is 0 Å². The Balaban J connectivity index is 1.74. The van der Waals surface area contributed by atoms with Crippen molar-refractivity contribution in [1.82, 2.24) is 14.4 Å². The molecular formula is C20H17N3O3S2. The monoisotopic (exact) mass is 411 g/mol. The van der Waals surface area contributed by atoms with Crippen molar-refractivity contribution < 1.29 is 9.53 Å². The maximum absolute atomic E-state index is 12.4. The average Bonchev–Trinajstić information content (AvgIpc) is 3.29. The van der Waals surface area contributed by atoms with Gasteiger partial charge in [0, 0.05) is 22.7 Å². The second-order valence-electron chi connectivity index (χ2n) is 6.24. The normalized spacial score (nSPS) is 12.8. The summed E-state index contributed by atoms with van der Waals surface area (Å²) >= 11 is 2.86. The zero-order valence-corrected chi connectivity index (χ0v) is 17.1. The van der Waals surface area contributed by atoms with Crippen LogP contribution in [-0.2, 0) is 0 Å². The summed E-state index contributed by atoms with van der Waals surface area (Å²) in [5, 5.41) is 0. The second kappa shape index (κ2) is 7.21. The maximum atomic E-state index is 12.4. The molecule has 0 atom stereocenters. The Morgan fingerprint density at radius 2 is 1.96 bits per heavy atom. The summed E-state index contributed by atoms with van der Waals surface area (Å²) in [6.07, 6.45) is 5.27. The van der Waals surface area contributed by atoms with Gasteiger partial charge in [-0.2, -0.15) is 0 Å². The van der Waals surface area contributed by atoms with Crippen molar-refractivity contribution in [2.45, 2.75) is 13.8 Å². The van der Waals surface area contributed by atoms with Crippen LogP contribution in [0.3, 0.4) is 0 Å². The second-order valence-corrected chi connectivity index (χ2v) is 8.54. The standard InChI is InChI=1S/C20H17N3O3S2/c1-11-10-23-15(12(2)21-20(23)27-11)8-17-19(25)22-18(28-17)9-16(24)13-4-6-14(26-3)7-5-13/h4-10H,1-3H3,(H,22,25)/b17-8-,18-9+. The van der Waals surface area contributed by atoms with E-state index in [1.165, 1.54) is 17.4 Å². The number of aryl methyl sites for hydroxylation is 2. The Bertz CT molecular complexity index is 1350. The largest absolute Gasteiger partial charge is 0.497 e. The first-order valence-electron chi connectivity index (χ1n) is 8.50. The highest BCUT2D eigenvalue weighted by molar-refractivity contribution is 7.17. The first kappa shape index (κ1) is 18.4. The highest BCUT2D eigenvalue weighted by atomic mass is 32.1. The molecule has 1 N–H and O–H groups in total. The van der Waals surface area contributed by atoms with Gasteiger partial charge in [0.25, 0.3) is 5.56 Å². The number of ether oxygens (including phenoxy) is 1. The van der Waals surface area contributed by atoms with Gasteiger partial charge >= 0.3 is 0 Å². The number of rotatable bonds is 4. The number of methoxy groups -OCH3 is 1. The summed E-state index contributed by atoms with van der Waals surface area (Å²) in [6, 6.07) is 6.85. The van der Waals surface area contributed by atoms with Gasteiger partial charge in [-0.25, -0.2) is 4.98 Å². The molecule has 6 nitrogen and oxygen atoms in total. The molecule has 142 valence electrons. The minimum absolute atomic E-state index is 0.178. The van der Waals surface area contributed by atoms with Crippen molar-refractivity contribution in [3.8, 4) is 5.75 Å². The number of aromatic nitrogens is 3. The third-order valence-corrected chi connectivity index (χ3v) is 6.11. The van der Waals surface area contributed by atoms with Crippen LogP contribution < -0.4 is 19.5 Å². The van der Waals surface area contributed by atoms with Gasteiger partial charge in [-0.15, -0.1) is 22.7 Å². The van der Waals surface area contributed by atoms with Crippen LogP contribution in [0.2, 0.25) is 0 Å². The molecular weight excluding hydrogens is 394 g/mol. The fourth-order valence-corrected chi connectivity index (χ4v) is 4.60. The highest BCUT2D eigenvalue weighted by Crippen LogP contribution is 2.20. The quantitative estimate of drug-likeness (QED) is 0.523. The number of benzene rings is 1. The molecule has 4 rings (SSSR count). The number of carbonyl (C=O) groups excluding carboxylic acids is 1. The number of hydrogen-bond donors (Lipinski definition) is 1. The number of imidazole rings is 1. The summed E-state index contributed by atoms with van der Waals surface area (Å²) in [5.41, 5.74) is 2.04. The number of H-pyrrole nitrogens is 1. The Labute approximate surface area is 168 Å². The molecule has 0 fully saturated rings. The van der Waals surface area contributed by atoms with E-state index in [1.54, 1.807) is 42.7 Å². The van der Waals surface area contributed by atoms with E-state index in [0.717, 1.165) is 21.2 Å². The number of nitrogens with one attached hydrogen (secondary N) is 1. The molecule has 0 aliphatic heterocycles. The van der Waals surface area contributed by atoms with E-state index in [1.807, 2.05) is 30.5 Å². The highest BCUT2D eigenvalue weighted by Gasteiger charge is 2.10. The van der Waals surface area contributed by atoms with Crippen LogP contribution in [0.15, 0.2) is 35.3 Å². The zero-order valence-electron chi connectivity index (χ0n) is 15.5. The van der Waals surface area contributed by atoms with Gasteiger partial charge < -0.3 is 9.72 Å². The lowest BCUT2D eigenvalue weighted by atomic mass is 10.1. The molecule has 28 heavy (non-hydrogen) atoms. The molecule has 0 radical (unpaired) electrons. The van der Waals surface area contributed by atoms with Crippen molar-refractivity contribution in [2.75, 3.05) is 7.11 Å². The van der Waals surface area contributed by atoms with Crippen LogP contribution in [-0.4, -0.2) is 27.3 Å². The van der Waals surface area contributed by atoms with E-state index in [9.17, 15) is 9.59 Å². The molecule has 3 heterocycles. The van der Waals surface area contributed by atoms with Gasteiger partial charge in [0.15, 0.2) is 10.7 Å². The molecule has 0 aliphatic carbocycles. The number of hydrogen-bond acceptors (Lipinski definition) is 6. The van der Waals surface area contributed by atoms with Crippen molar-refractivity contribution >= 4 is 45.6 Å². The molecule has 3 aromatic heterocycles. The molecule has 8 heteroatoms. The van der Waals surface area contributed by atoms with E-state index in [4.69, 9.17) is 4.74 Å². The first-order valence-corrected chi connectivity index (χ1v) is 10.1. The number of nitrogens with zero attached hydrogens (tertiary/aromatic N) is 2. The lowest BCUT2D eigenvalue weighted by Crippen LogP contribution is -2.20. The molecule has 1 aromatic carbocycles. The van der Waals surface area contributed by atoms with Gasteiger partial charge in [0.2, 0.25) is 0 Å². The maximum Gasteiger partial charge on any atom is 0.266 e. The van der Waals surface area contributed by atoms with Crippen LogP contribution in [0.25, 0.3) is 17.1 Å². The van der Waals surface area contributed by atoms with E-state index in [-0.39, 0.29) is 11.3 Å². The molecule has 0 amide bonds. The van der Waals surface area contributed by atoms with Gasteiger partial charge in [0.05, 0.1) is 27.7 Å². The molecule has 4 aromatic rings. The Hall–Kier alpha value is -2.97. The fourth-order valence-electron chi connectivity index (χ4n) is 2.86. The van der Waals surface area contributed by atoms with Gasteiger partial charge in [-0.05, 0) is 44.2 Å². The van der Waals surface area contributed by atoms with Crippen LogP contribution in [0, 0.1) is 13.8 Å². The number of Topliss-reactive ketones (excluding diaryl/α,β-unsaturated/α-hetero) is 1. The summed E-state index contributed by atoms with van der Waals surface area (Å²) < 4.78 is 8.13.